The number of carbonyl (C=O) groups excluding carboxylic acids is 2. The van der Waals surface area contributed by atoms with E-state index >= 15 is 0 Å². The zero-order valence-corrected chi connectivity index (χ0v) is 19.1. The summed E-state index contributed by atoms with van der Waals surface area (Å²) in [6, 6.07) is 22.4. The number of nitriles is 1. The Kier molecular flexibility index (Phi) is 7.50. The van der Waals surface area contributed by atoms with Crippen LogP contribution in [0, 0.1) is 11.3 Å². The topological polar surface area (TPSA) is 126 Å². The summed E-state index contributed by atoms with van der Waals surface area (Å²) in [5.41, 5.74) is 9.06. The van der Waals surface area contributed by atoms with Gasteiger partial charge in [-0.1, -0.05) is 54.6 Å². The highest BCUT2D eigenvalue weighted by Crippen LogP contribution is 2.18. The van der Waals surface area contributed by atoms with Crippen LogP contribution in [0.25, 0.3) is 10.8 Å². The number of aromatic nitrogens is 2. The van der Waals surface area contributed by atoms with Gasteiger partial charge < -0.3 is 20.9 Å². The van der Waals surface area contributed by atoms with Gasteiger partial charge in [-0.2, -0.15) is 5.26 Å². The number of imidazole rings is 1. The molecule has 1 unspecified atom stereocenters. The molecule has 1 heterocycles. The van der Waals surface area contributed by atoms with Crippen molar-refractivity contribution in [3.63, 3.8) is 0 Å². The van der Waals surface area contributed by atoms with Crippen molar-refractivity contribution < 1.29 is 9.59 Å². The fourth-order valence-corrected chi connectivity index (χ4v) is 3.91. The summed E-state index contributed by atoms with van der Waals surface area (Å²) in [6.45, 7) is 0.835. The largest absolute Gasteiger partial charge is 0.350 e. The van der Waals surface area contributed by atoms with Gasteiger partial charge in [-0.3, -0.25) is 9.59 Å². The van der Waals surface area contributed by atoms with Crippen molar-refractivity contribution in [3.8, 4) is 6.07 Å². The number of nitrogens with two attached hydrogens (primary N) is 1. The van der Waals surface area contributed by atoms with Crippen LogP contribution in [0.15, 0.2) is 79.3 Å². The molecule has 0 bridgehead atoms. The lowest BCUT2D eigenvalue weighted by molar-refractivity contribution is -0.128. The molecule has 0 aliphatic heterocycles. The summed E-state index contributed by atoms with van der Waals surface area (Å²) in [4.78, 5) is 29.6. The maximum absolute atomic E-state index is 12.7. The minimum Gasteiger partial charge on any atom is -0.350 e. The Hall–Kier alpha value is -4.48. The van der Waals surface area contributed by atoms with Crippen LogP contribution in [0.1, 0.15) is 22.4 Å². The van der Waals surface area contributed by atoms with Crippen LogP contribution in [0.4, 0.5) is 0 Å². The first-order valence-electron chi connectivity index (χ1n) is 11.3. The average Bonchev–Trinajstić information content (AvgIpc) is 3.32. The summed E-state index contributed by atoms with van der Waals surface area (Å²) in [5.74, 6) is -0.651. The van der Waals surface area contributed by atoms with E-state index in [0.29, 0.717) is 24.3 Å². The van der Waals surface area contributed by atoms with Crippen molar-refractivity contribution in [2.24, 2.45) is 5.73 Å². The van der Waals surface area contributed by atoms with Crippen LogP contribution in [0.3, 0.4) is 0 Å². The molecule has 0 aliphatic rings. The van der Waals surface area contributed by atoms with Gasteiger partial charge in [0.15, 0.2) is 0 Å². The van der Waals surface area contributed by atoms with Crippen molar-refractivity contribution in [1.82, 2.24) is 20.2 Å². The molecular formula is C27H26N6O2. The maximum Gasteiger partial charge on any atom is 0.244 e. The van der Waals surface area contributed by atoms with E-state index in [2.05, 4.69) is 21.7 Å². The van der Waals surface area contributed by atoms with Crippen molar-refractivity contribution in [2.75, 3.05) is 6.54 Å². The molecule has 2 amide bonds. The molecule has 35 heavy (non-hydrogen) atoms. The van der Waals surface area contributed by atoms with Gasteiger partial charge in [-0.25, -0.2) is 4.98 Å². The number of fused-ring (bicyclic) bond motifs is 1. The van der Waals surface area contributed by atoms with Crippen LogP contribution in [-0.2, 0) is 29.1 Å². The molecule has 0 spiro atoms. The van der Waals surface area contributed by atoms with E-state index in [4.69, 9.17) is 11.0 Å². The predicted molar refractivity (Wildman–Crippen MR) is 133 cm³/mol. The van der Waals surface area contributed by atoms with Crippen LogP contribution >= 0.6 is 0 Å². The fourth-order valence-electron chi connectivity index (χ4n) is 3.91. The Morgan fingerprint density at radius 1 is 1.06 bits per heavy atom. The van der Waals surface area contributed by atoms with Gasteiger partial charge in [0.05, 0.1) is 24.4 Å². The summed E-state index contributed by atoms with van der Waals surface area (Å²) in [6.07, 6.45) is 3.34. The Bertz CT molecular complexity index is 1370. The fraction of sp³-hybridized carbons (Fsp3) is 0.185. The first kappa shape index (κ1) is 23.7. The predicted octanol–water partition coefficient (Wildman–Crippen LogP) is 2.26. The summed E-state index contributed by atoms with van der Waals surface area (Å²) < 4.78 is 1.86. The molecule has 8 nitrogen and oxygen atoms in total. The minimum atomic E-state index is -0.840. The zero-order chi connectivity index (χ0) is 24.6. The molecule has 0 saturated carbocycles. The van der Waals surface area contributed by atoms with Crippen molar-refractivity contribution >= 4 is 22.6 Å². The van der Waals surface area contributed by atoms with Crippen molar-refractivity contribution in [3.05, 3.63) is 102 Å². The molecule has 8 heteroatoms. The van der Waals surface area contributed by atoms with Gasteiger partial charge in [0, 0.05) is 31.5 Å². The van der Waals surface area contributed by atoms with Crippen LogP contribution in [0.5, 0.6) is 0 Å². The van der Waals surface area contributed by atoms with Crippen molar-refractivity contribution in [1.29, 1.82) is 5.26 Å². The van der Waals surface area contributed by atoms with E-state index in [-0.39, 0.29) is 24.8 Å². The monoisotopic (exact) mass is 466 g/mol. The minimum absolute atomic E-state index is 0.0163. The number of nitrogens with zero attached hydrogens (tertiary/aromatic N) is 3. The highest BCUT2D eigenvalue weighted by Gasteiger charge is 2.20. The van der Waals surface area contributed by atoms with E-state index < -0.39 is 6.04 Å². The number of benzene rings is 3. The number of amides is 2. The Morgan fingerprint density at radius 3 is 2.60 bits per heavy atom. The van der Waals surface area contributed by atoms with Gasteiger partial charge in [0.2, 0.25) is 11.8 Å². The second-order valence-electron chi connectivity index (χ2n) is 8.21. The second kappa shape index (κ2) is 11.1. The van der Waals surface area contributed by atoms with Crippen LogP contribution in [-0.4, -0.2) is 34.0 Å². The lowest BCUT2D eigenvalue weighted by Gasteiger charge is -2.17. The third-order valence-corrected chi connectivity index (χ3v) is 5.80. The molecule has 0 fully saturated rings. The maximum atomic E-state index is 12.7. The SMILES string of the molecule is N#Cc1ccc(Cn2cncc2CC(=O)NC(CN)C(=O)NCc2cccc3ccccc23)cc1. The van der Waals surface area contributed by atoms with E-state index in [1.807, 2.05) is 59.2 Å². The van der Waals surface area contributed by atoms with Crippen LogP contribution < -0.4 is 16.4 Å². The number of rotatable bonds is 9. The van der Waals surface area contributed by atoms with E-state index in [0.717, 1.165) is 21.9 Å². The summed E-state index contributed by atoms with van der Waals surface area (Å²) >= 11 is 0. The summed E-state index contributed by atoms with van der Waals surface area (Å²) in [5, 5.41) is 16.7. The van der Waals surface area contributed by atoms with Crippen LogP contribution in [0.2, 0.25) is 0 Å². The smallest absolute Gasteiger partial charge is 0.244 e. The first-order valence-corrected chi connectivity index (χ1v) is 11.3. The van der Waals surface area contributed by atoms with Gasteiger partial charge in [-0.05, 0) is 34.0 Å². The zero-order valence-electron chi connectivity index (χ0n) is 19.1. The molecule has 4 rings (SSSR count). The highest BCUT2D eigenvalue weighted by molar-refractivity contribution is 5.89. The standard InChI is InChI=1S/C27H26N6O2/c28-13-19-8-10-20(11-9-19)17-33-18-30-16-23(33)12-26(34)32-25(14-29)27(35)31-15-22-6-3-5-21-4-1-2-7-24(21)22/h1-11,16,18,25H,12,14-15,17,29H2,(H,31,35)(H,32,34). The number of carbonyl (C=O) groups is 2. The molecule has 0 saturated heterocycles. The molecule has 0 aliphatic carbocycles. The Morgan fingerprint density at radius 2 is 1.83 bits per heavy atom. The number of hydrogen-bond acceptors (Lipinski definition) is 5. The molecule has 1 aromatic heterocycles. The highest BCUT2D eigenvalue weighted by atomic mass is 16.2. The molecular weight excluding hydrogens is 440 g/mol. The number of hydrogen-bond donors (Lipinski definition) is 3. The second-order valence-corrected chi connectivity index (χ2v) is 8.21. The van der Waals surface area contributed by atoms with E-state index in [1.165, 1.54) is 0 Å². The Balaban J connectivity index is 1.34. The molecule has 1 atom stereocenters. The normalized spacial score (nSPS) is 11.5. The molecule has 0 radical (unpaired) electrons. The van der Waals surface area contributed by atoms with Gasteiger partial charge in [0.1, 0.15) is 6.04 Å². The lowest BCUT2D eigenvalue weighted by atomic mass is 10.0. The summed E-state index contributed by atoms with van der Waals surface area (Å²) in [7, 11) is 0. The lowest BCUT2D eigenvalue weighted by Crippen LogP contribution is -2.51. The van der Waals surface area contributed by atoms with Gasteiger partial charge in [0.25, 0.3) is 0 Å². The average molecular weight is 467 g/mol. The third kappa shape index (κ3) is 5.91. The van der Waals surface area contributed by atoms with E-state index in [9.17, 15) is 9.59 Å². The van der Waals surface area contributed by atoms with Gasteiger partial charge >= 0.3 is 0 Å². The quantitative estimate of drug-likeness (QED) is 0.349. The molecule has 176 valence electrons. The first-order chi connectivity index (χ1) is 17.1. The third-order valence-electron chi connectivity index (χ3n) is 5.80. The Labute approximate surface area is 203 Å². The van der Waals surface area contributed by atoms with Crippen molar-refractivity contribution in [2.45, 2.75) is 25.6 Å². The van der Waals surface area contributed by atoms with E-state index in [1.54, 1.807) is 24.7 Å². The number of nitrogens with one attached hydrogen (secondary N) is 2. The molecule has 4 aromatic rings. The van der Waals surface area contributed by atoms with Gasteiger partial charge in [-0.15, -0.1) is 0 Å². The molecule has 3 aromatic carbocycles. The molecule has 4 N–H and O–H groups in total.